The Labute approximate surface area is 125 Å². The molecule has 0 spiro atoms. The molecule has 0 heterocycles. The van der Waals surface area contributed by atoms with Crippen LogP contribution in [0.2, 0.25) is 5.02 Å². The predicted molar refractivity (Wildman–Crippen MR) is 80.7 cm³/mol. The molecule has 0 radical (unpaired) electrons. The van der Waals surface area contributed by atoms with Crippen LogP contribution in [0, 0.1) is 5.92 Å². The number of carbonyl (C=O) groups is 1. The smallest absolute Gasteiger partial charge is 0.224 e. The summed E-state index contributed by atoms with van der Waals surface area (Å²) in [4.78, 5) is 11.9. The Kier molecular flexibility index (Phi) is 5.86. The van der Waals surface area contributed by atoms with E-state index in [4.69, 9.17) is 11.6 Å². The van der Waals surface area contributed by atoms with Crippen molar-refractivity contribution in [2.45, 2.75) is 44.6 Å². The zero-order chi connectivity index (χ0) is 14.4. The number of aliphatic hydroxyl groups is 1. The Balaban J connectivity index is 1.76. The second kappa shape index (κ2) is 7.65. The Hall–Kier alpha value is -1.06. The molecule has 1 aromatic carbocycles. The van der Waals surface area contributed by atoms with E-state index in [-0.39, 0.29) is 12.3 Å². The summed E-state index contributed by atoms with van der Waals surface area (Å²) in [6.07, 6.45) is 5.62. The molecule has 0 saturated heterocycles. The summed E-state index contributed by atoms with van der Waals surface area (Å²) in [7, 11) is 0. The first-order valence-corrected chi connectivity index (χ1v) is 7.73. The Morgan fingerprint density at radius 3 is 2.70 bits per heavy atom. The molecule has 0 aromatic heterocycles. The summed E-state index contributed by atoms with van der Waals surface area (Å²) in [5, 5.41) is 13.5. The van der Waals surface area contributed by atoms with E-state index in [1.165, 1.54) is 19.3 Å². The van der Waals surface area contributed by atoms with Gasteiger partial charge in [0.05, 0.1) is 12.5 Å². The van der Waals surface area contributed by atoms with Crippen LogP contribution in [0.15, 0.2) is 24.3 Å². The van der Waals surface area contributed by atoms with Crippen molar-refractivity contribution in [1.82, 2.24) is 5.32 Å². The molecule has 1 aromatic rings. The SMILES string of the molecule is O=C(Cc1ccccc1Cl)NC[C@H](O)C1CCCCC1. The van der Waals surface area contributed by atoms with Crippen LogP contribution >= 0.6 is 11.6 Å². The molecule has 1 saturated carbocycles. The summed E-state index contributed by atoms with van der Waals surface area (Å²) in [6, 6.07) is 7.34. The molecule has 2 rings (SSSR count). The quantitative estimate of drug-likeness (QED) is 0.877. The van der Waals surface area contributed by atoms with E-state index >= 15 is 0 Å². The number of amides is 1. The molecule has 1 aliphatic carbocycles. The lowest BCUT2D eigenvalue weighted by molar-refractivity contribution is -0.121. The summed E-state index contributed by atoms with van der Waals surface area (Å²) in [5.41, 5.74) is 0.818. The maximum Gasteiger partial charge on any atom is 0.224 e. The fraction of sp³-hybridized carbons (Fsp3) is 0.562. The lowest BCUT2D eigenvalue weighted by Crippen LogP contribution is -2.37. The first kappa shape index (κ1) is 15.3. The lowest BCUT2D eigenvalue weighted by Gasteiger charge is -2.26. The molecule has 1 atom stereocenters. The number of hydrogen-bond acceptors (Lipinski definition) is 2. The van der Waals surface area contributed by atoms with Crippen molar-refractivity contribution in [3.63, 3.8) is 0 Å². The molecular weight excluding hydrogens is 274 g/mol. The predicted octanol–water partition coefficient (Wildman–Crippen LogP) is 2.94. The van der Waals surface area contributed by atoms with Gasteiger partial charge in [-0.15, -0.1) is 0 Å². The van der Waals surface area contributed by atoms with Gasteiger partial charge in [0.1, 0.15) is 0 Å². The number of halogens is 1. The van der Waals surface area contributed by atoms with E-state index in [0.717, 1.165) is 18.4 Å². The monoisotopic (exact) mass is 295 g/mol. The Morgan fingerprint density at radius 2 is 2.00 bits per heavy atom. The molecular formula is C16H22ClNO2. The first-order valence-electron chi connectivity index (χ1n) is 7.35. The van der Waals surface area contributed by atoms with Gasteiger partial charge in [0.2, 0.25) is 5.91 Å². The molecule has 3 nitrogen and oxygen atoms in total. The van der Waals surface area contributed by atoms with Crippen molar-refractivity contribution < 1.29 is 9.90 Å². The third-order valence-electron chi connectivity index (χ3n) is 4.01. The van der Waals surface area contributed by atoms with Crippen LogP contribution in [0.1, 0.15) is 37.7 Å². The molecule has 0 bridgehead atoms. The van der Waals surface area contributed by atoms with Gasteiger partial charge < -0.3 is 10.4 Å². The average molecular weight is 296 g/mol. The largest absolute Gasteiger partial charge is 0.391 e. The van der Waals surface area contributed by atoms with Crippen molar-refractivity contribution in [3.05, 3.63) is 34.9 Å². The highest BCUT2D eigenvalue weighted by Gasteiger charge is 2.21. The Bertz CT molecular complexity index is 444. The number of nitrogens with one attached hydrogen (secondary N) is 1. The van der Waals surface area contributed by atoms with Crippen LogP contribution in [-0.2, 0) is 11.2 Å². The van der Waals surface area contributed by atoms with E-state index < -0.39 is 6.10 Å². The highest BCUT2D eigenvalue weighted by atomic mass is 35.5. The normalized spacial score (nSPS) is 17.7. The standard InChI is InChI=1S/C16H22ClNO2/c17-14-9-5-4-8-13(14)10-16(20)18-11-15(19)12-6-2-1-3-7-12/h4-5,8-9,12,15,19H,1-3,6-7,10-11H2,(H,18,20)/t15-/m0/s1. The minimum Gasteiger partial charge on any atom is -0.391 e. The van der Waals surface area contributed by atoms with E-state index in [2.05, 4.69) is 5.32 Å². The topological polar surface area (TPSA) is 49.3 Å². The van der Waals surface area contributed by atoms with Gasteiger partial charge >= 0.3 is 0 Å². The molecule has 1 amide bonds. The van der Waals surface area contributed by atoms with Gasteiger partial charge in [-0.05, 0) is 30.4 Å². The second-order valence-electron chi connectivity index (χ2n) is 5.54. The van der Waals surface area contributed by atoms with Gasteiger partial charge in [0.25, 0.3) is 0 Å². The molecule has 1 fully saturated rings. The zero-order valence-electron chi connectivity index (χ0n) is 11.6. The first-order chi connectivity index (χ1) is 9.66. The van der Waals surface area contributed by atoms with Crippen LogP contribution in [0.3, 0.4) is 0 Å². The zero-order valence-corrected chi connectivity index (χ0v) is 12.4. The van der Waals surface area contributed by atoms with Crippen LogP contribution in [0.4, 0.5) is 0 Å². The van der Waals surface area contributed by atoms with Gasteiger partial charge in [0.15, 0.2) is 0 Å². The highest BCUT2D eigenvalue weighted by Crippen LogP contribution is 2.26. The maximum atomic E-state index is 11.9. The third-order valence-corrected chi connectivity index (χ3v) is 4.38. The summed E-state index contributed by atoms with van der Waals surface area (Å²) >= 11 is 6.02. The minimum absolute atomic E-state index is 0.0899. The van der Waals surface area contributed by atoms with Crippen molar-refractivity contribution in [2.75, 3.05) is 6.54 Å². The third kappa shape index (κ3) is 4.50. The number of hydrogen-bond donors (Lipinski definition) is 2. The van der Waals surface area contributed by atoms with Crippen LogP contribution in [-0.4, -0.2) is 23.7 Å². The van der Waals surface area contributed by atoms with E-state index in [1.54, 1.807) is 6.07 Å². The molecule has 110 valence electrons. The molecule has 0 unspecified atom stereocenters. The fourth-order valence-corrected chi connectivity index (χ4v) is 2.98. The average Bonchev–Trinajstić information content (AvgIpc) is 2.48. The van der Waals surface area contributed by atoms with Gasteiger partial charge in [-0.1, -0.05) is 49.1 Å². The van der Waals surface area contributed by atoms with E-state index in [9.17, 15) is 9.90 Å². The molecule has 1 aliphatic rings. The van der Waals surface area contributed by atoms with Gasteiger partial charge in [-0.3, -0.25) is 4.79 Å². The van der Waals surface area contributed by atoms with Crippen molar-refractivity contribution >= 4 is 17.5 Å². The summed E-state index contributed by atoms with van der Waals surface area (Å²) in [6.45, 7) is 0.341. The van der Waals surface area contributed by atoms with E-state index in [1.807, 2.05) is 18.2 Å². The van der Waals surface area contributed by atoms with Crippen LogP contribution in [0.5, 0.6) is 0 Å². The van der Waals surface area contributed by atoms with Crippen LogP contribution < -0.4 is 5.32 Å². The minimum atomic E-state index is -0.425. The summed E-state index contributed by atoms with van der Waals surface area (Å²) in [5.74, 6) is 0.248. The van der Waals surface area contributed by atoms with Gasteiger partial charge in [-0.25, -0.2) is 0 Å². The summed E-state index contributed by atoms with van der Waals surface area (Å²) < 4.78 is 0. The second-order valence-corrected chi connectivity index (χ2v) is 5.94. The number of benzene rings is 1. The number of aliphatic hydroxyl groups excluding tert-OH is 1. The van der Waals surface area contributed by atoms with Crippen molar-refractivity contribution in [2.24, 2.45) is 5.92 Å². The lowest BCUT2D eigenvalue weighted by atomic mass is 9.85. The molecule has 2 N–H and O–H groups in total. The molecule has 0 aliphatic heterocycles. The van der Waals surface area contributed by atoms with Crippen molar-refractivity contribution in [1.29, 1.82) is 0 Å². The highest BCUT2D eigenvalue weighted by molar-refractivity contribution is 6.31. The Morgan fingerprint density at radius 1 is 1.30 bits per heavy atom. The molecule has 20 heavy (non-hydrogen) atoms. The van der Waals surface area contributed by atoms with Crippen LogP contribution in [0.25, 0.3) is 0 Å². The van der Waals surface area contributed by atoms with E-state index in [0.29, 0.717) is 17.5 Å². The van der Waals surface area contributed by atoms with Crippen molar-refractivity contribution in [3.8, 4) is 0 Å². The fourth-order valence-electron chi connectivity index (χ4n) is 2.78. The number of rotatable bonds is 5. The van der Waals surface area contributed by atoms with Gasteiger partial charge in [0, 0.05) is 11.6 Å². The van der Waals surface area contributed by atoms with Gasteiger partial charge in [-0.2, -0.15) is 0 Å². The maximum absolute atomic E-state index is 11.9. The number of carbonyl (C=O) groups excluding carboxylic acids is 1. The molecule has 4 heteroatoms.